The number of fused-ring (bicyclic) bond motifs is 1. The zero-order chi connectivity index (χ0) is 18.8. The van der Waals surface area contributed by atoms with Crippen molar-refractivity contribution in [3.05, 3.63) is 41.3 Å². The summed E-state index contributed by atoms with van der Waals surface area (Å²) in [6.45, 7) is 2.37. The Morgan fingerprint density at radius 3 is 2.85 bits per heavy atom. The number of hydrogen-bond donors (Lipinski definition) is 2. The first-order chi connectivity index (χ1) is 13.1. The van der Waals surface area contributed by atoms with Crippen LogP contribution in [0, 0.1) is 5.92 Å². The van der Waals surface area contributed by atoms with Gasteiger partial charge in [-0.3, -0.25) is 14.3 Å². The molecule has 2 aliphatic rings. The van der Waals surface area contributed by atoms with E-state index in [1.165, 1.54) is 6.42 Å². The predicted octanol–water partition coefficient (Wildman–Crippen LogP) is 1.39. The lowest BCUT2D eigenvalue weighted by atomic mass is 9.84. The number of hydrogen-bond acceptors (Lipinski definition) is 5. The van der Waals surface area contributed by atoms with Gasteiger partial charge < -0.3 is 15.5 Å². The molecule has 0 unspecified atom stereocenters. The Kier molecular flexibility index (Phi) is 4.79. The van der Waals surface area contributed by atoms with Crippen molar-refractivity contribution in [2.24, 2.45) is 5.92 Å². The monoisotopic (exact) mass is 368 g/mol. The second-order valence-corrected chi connectivity index (χ2v) is 7.10. The highest BCUT2D eigenvalue weighted by Crippen LogP contribution is 2.29. The molecule has 27 heavy (non-hydrogen) atoms. The summed E-state index contributed by atoms with van der Waals surface area (Å²) in [5, 5.41) is 10.4. The van der Waals surface area contributed by atoms with Crippen LogP contribution in [0.2, 0.25) is 0 Å². The third-order valence-corrected chi connectivity index (χ3v) is 5.32. The zero-order valence-electron chi connectivity index (χ0n) is 15.4. The molecule has 1 aliphatic carbocycles. The van der Waals surface area contributed by atoms with E-state index >= 15 is 0 Å². The van der Waals surface area contributed by atoms with Gasteiger partial charge in [0.25, 0.3) is 5.91 Å². The van der Waals surface area contributed by atoms with Crippen molar-refractivity contribution in [2.75, 3.05) is 18.9 Å². The van der Waals surface area contributed by atoms with Gasteiger partial charge in [-0.05, 0) is 31.0 Å². The second-order valence-electron chi connectivity index (χ2n) is 7.10. The van der Waals surface area contributed by atoms with Gasteiger partial charge in [0.1, 0.15) is 5.82 Å². The molecule has 4 rings (SSSR count). The van der Waals surface area contributed by atoms with E-state index in [1.807, 2.05) is 15.6 Å². The smallest absolute Gasteiger partial charge is 0.251 e. The minimum Gasteiger partial charge on any atom is -0.373 e. The molecule has 1 aliphatic heterocycles. The van der Waals surface area contributed by atoms with Crippen LogP contribution >= 0.6 is 0 Å². The maximum absolute atomic E-state index is 12.5. The van der Waals surface area contributed by atoms with E-state index in [9.17, 15) is 9.59 Å². The lowest BCUT2D eigenvalue weighted by Gasteiger charge is -2.34. The Hall–Kier alpha value is -2.90. The second kappa shape index (κ2) is 7.38. The zero-order valence-corrected chi connectivity index (χ0v) is 15.4. The Morgan fingerprint density at radius 1 is 1.26 bits per heavy atom. The van der Waals surface area contributed by atoms with Crippen LogP contribution < -0.4 is 10.6 Å². The van der Waals surface area contributed by atoms with Crippen molar-refractivity contribution in [1.29, 1.82) is 0 Å². The van der Waals surface area contributed by atoms with Crippen LogP contribution in [0.4, 0.5) is 5.82 Å². The molecule has 0 radical (unpaired) electrons. The Bertz CT molecular complexity index is 858. The van der Waals surface area contributed by atoms with Crippen LogP contribution in [-0.2, 0) is 24.4 Å². The molecule has 0 spiro atoms. The molecular weight excluding hydrogens is 344 g/mol. The SMILES string of the molecule is CNc1cc(C(=O)NCc2cc3n(n2)CCN(C(=O)C2CCC2)C3)ccn1. The van der Waals surface area contributed by atoms with Crippen molar-refractivity contribution >= 4 is 17.6 Å². The number of rotatable bonds is 5. The normalized spacial score (nSPS) is 16.4. The van der Waals surface area contributed by atoms with E-state index in [-0.39, 0.29) is 17.7 Å². The van der Waals surface area contributed by atoms with Crippen LogP contribution in [0.1, 0.15) is 41.0 Å². The highest BCUT2D eigenvalue weighted by molar-refractivity contribution is 5.94. The summed E-state index contributed by atoms with van der Waals surface area (Å²) in [6.07, 6.45) is 4.81. The number of nitrogens with zero attached hydrogens (tertiary/aromatic N) is 4. The third kappa shape index (κ3) is 3.65. The number of carbonyl (C=O) groups excluding carboxylic acids is 2. The van der Waals surface area contributed by atoms with Gasteiger partial charge in [-0.25, -0.2) is 4.98 Å². The molecular formula is C19H24N6O2. The molecule has 0 saturated heterocycles. The lowest BCUT2D eigenvalue weighted by Crippen LogP contribution is -2.43. The van der Waals surface area contributed by atoms with Crippen LogP contribution in [-0.4, -0.2) is 45.1 Å². The third-order valence-electron chi connectivity index (χ3n) is 5.32. The van der Waals surface area contributed by atoms with Gasteiger partial charge >= 0.3 is 0 Å². The van der Waals surface area contributed by atoms with Gasteiger partial charge in [0.15, 0.2) is 0 Å². The molecule has 0 atom stereocenters. The largest absolute Gasteiger partial charge is 0.373 e. The van der Waals surface area contributed by atoms with Crippen molar-refractivity contribution in [3.8, 4) is 0 Å². The van der Waals surface area contributed by atoms with E-state index in [2.05, 4.69) is 20.7 Å². The van der Waals surface area contributed by atoms with E-state index in [0.29, 0.717) is 37.6 Å². The maximum Gasteiger partial charge on any atom is 0.251 e. The fraction of sp³-hybridized carbons (Fsp3) is 0.474. The van der Waals surface area contributed by atoms with Crippen molar-refractivity contribution in [3.63, 3.8) is 0 Å². The standard InChI is InChI=1S/C19H24N6O2/c1-20-17-9-14(5-6-21-17)18(26)22-11-15-10-16-12-24(7-8-25(16)23-15)19(27)13-3-2-4-13/h5-6,9-10,13H,2-4,7-8,11-12H2,1H3,(H,20,21)(H,22,26). The highest BCUT2D eigenvalue weighted by Gasteiger charge is 2.31. The number of pyridine rings is 1. The topological polar surface area (TPSA) is 92.2 Å². The molecule has 8 heteroatoms. The van der Waals surface area contributed by atoms with E-state index in [4.69, 9.17) is 0 Å². The molecule has 8 nitrogen and oxygen atoms in total. The molecule has 0 bridgehead atoms. The fourth-order valence-electron chi connectivity index (χ4n) is 3.50. The molecule has 142 valence electrons. The minimum atomic E-state index is -0.165. The Morgan fingerprint density at radius 2 is 2.11 bits per heavy atom. The first kappa shape index (κ1) is 17.5. The Labute approximate surface area is 158 Å². The maximum atomic E-state index is 12.5. The molecule has 2 N–H and O–H groups in total. The average Bonchev–Trinajstić information content (AvgIpc) is 3.06. The number of aromatic nitrogens is 3. The first-order valence-electron chi connectivity index (χ1n) is 9.40. The van der Waals surface area contributed by atoms with E-state index < -0.39 is 0 Å². The minimum absolute atomic E-state index is 0.165. The van der Waals surface area contributed by atoms with E-state index in [0.717, 1.165) is 24.2 Å². The van der Waals surface area contributed by atoms with Crippen LogP contribution in [0.25, 0.3) is 0 Å². The Balaban J connectivity index is 1.36. The van der Waals surface area contributed by atoms with Crippen LogP contribution in [0.15, 0.2) is 24.4 Å². The highest BCUT2D eigenvalue weighted by atomic mass is 16.2. The van der Waals surface area contributed by atoms with Crippen LogP contribution in [0.5, 0.6) is 0 Å². The predicted molar refractivity (Wildman–Crippen MR) is 99.9 cm³/mol. The molecule has 2 aromatic heterocycles. The summed E-state index contributed by atoms with van der Waals surface area (Å²) in [6, 6.07) is 5.36. The number of anilines is 1. The van der Waals surface area contributed by atoms with Gasteiger partial charge in [-0.15, -0.1) is 0 Å². The van der Waals surface area contributed by atoms with Gasteiger partial charge in [-0.2, -0.15) is 5.10 Å². The number of amides is 2. The summed E-state index contributed by atoms with van der Waals surface area (Å²) in [5.41, 5.74) is 2.38. The molecule has 0 aromatic carbocycles. The number of carbonyl (C=O) groups is 2. The summed E-state index contributed by atoms with van der Waals surface area (Å²) in [5.74, 6) is 0.987. The van der Waals surface area contributed by atoms with Crippen molar-refractivity contribution in [1.82, 2.24) is 25.0 Å². The van der Waals surface area contributed by atoms with Gasteiger partial charge in [0.05, 0.1) is 31.0 Å². The summed E-state index contributed by atoms with van der Waals surface area (Å²) in [7, 11) is 1.76. The molecule has 1 saturated carbocycles. The lowest BCUT2D eigenvalue weighted by molar-refractivity contribution is -0.139. The number of nitrogens with one attached hydrogen (secondary N) is 2. The summed E-state index contributed by atoms with van der Waals surface area (Å²) < 4.78 is 1.94. The van der Waals surface area contributed by atoms with Crippen molar-refractivity contribution in [2.45, 2.75) is 38.9 Å². The average molecular weight is 368 g/mol. The van der Waals surface area contributed by atoms with Gasteiger partial charge in [-0.1, -0.05) is 6.42 Å². The summed E-state index contributed by atoms with van der Waals surface area (Å²) >= 11 is 0. The van der Waals surface area contributed by atoms with Gasteiger partial charge in [0.2, 0.25) is 5.91 Å². The van der Waals surface area contributed by atoms with Crippen molar-refractivity contribution < 1.29 is 9.59 Å². The summed E-state index contributed by atoms with van der Waals surface area (Å²) in [4.78, 5) is 30.8. The van der Waals surface area contributed by atoms with Gasteiger partial charge in [0, 0.05) is 31.3 Å². The molecule has 3 heterocycles. The van der Waals surface area contributed by atoms with E-state index in [1.54, 1.807) is 25.4 Å². The quantitative estimate of drug-likeness (QED) is 0.832. The molecule has 1 fully saturated rings. The fourth-order valence-corrected chi connectivity index (χ4v) is 3.50. The van der Waals surface area contributed by atoms with Crippen LogP contribution in [0.3, 0.4) is 0 Å². The first-order valence-corrected chi connectivity index (χ1v) is 9.40. The molecule has 2 amide bonds. The molecule has 2 aromatic rings.